The number of nitrogens with one attached hydrogen (secondary N) is 1. The van der Waals surface area contributed by atoms with Crippen molar-refractivity contribution in [3.63, 3.8) is 0 Å². The molecular formula is C13H25N3O6S2. The van der Waals surface area contributed by atoms with Crippen LogP contribution in [0.25, 0.3) is 0 Å². The molecule has 1 aliphatic rings. The number of nitrogens with zero attached hydrogens (tertiary/aromatic N) is 1. The quantitative estimate of drug-likeness (QED) is 0.440. The molecule has 0 radical (unpaired) electrons. The molecule has 2 atom stereocenters. The van der Waals surface area contributed by atoms with E-state index in [0.717, 1.165) is 0 Å². The van der Waals surface area contributed by atoms with Crippen molar-refractivity contribution in [3.05, 3.63) is 0 Å². The molecule has 1 heterocycles. The third-order valence-electron chi connectivity index (χ3n) is 3.86. The van der Waals surface area contributed by atoms with Gasteiger partial charge in [-0.3, -0.25) is 14.4 Å². The lowest BCUT2D eigenvalue weighted by molar-refractivity contribution is -0.147. The SMILES string of the molecule is C[C@@]1(C(=O)N[C@@H](CCC(=O)O)C(=O)O)CCCN1C(=O)CN.S.S. The molecule has 0 aromatic carbocycles. The van der Waals surface area contributed by atoms with Gasteiger partial charge in [0.05, 0.1) is 6.54 Å². The third-order valence-corrected chi connectivity index (χ3v) is 3.86. The van der Waals surface area contributed by atoms with Gasteiger partial charge in [0, 0.05) is 13.0 Å². The predicted octanol–water partition coefficient (Wildman–Crippen LogP) is -1.01. The Bertz CT molecular complexity index is 490. The van der Waals surface area contributed by atoms with Crippen molar-refractivity contribution in [1.82, 2.24) is 10.2 Å². The first kappa shape index (κ1) is 24.8. The van der Waals surface area contributed by atoms with E-state index in [1.165, 1.54) is 4.90 Å². The van der Waals surface area contributed by atoms with Crippen molar-refractivity contribution in [2.24, 2.45) is 5.73 Å². The minimum absolute atomic E-state index is 0. The fourth-order valence-corrected chi connectivity index (χ4v) is 2.55. The fraction of sp³-hybridized carbons (Fsp3) is 0.692. The van der Waals surface area contributed by atoms with Gasteiger partial charge in [0.2, 0.25) is 11.8 Å². The molecule has 0 spiro atoms. The largest absolute Gasteiger partial charge is 0.481 e. The molecule has 1 rings (SSSR count). The molecule has 2 amide bonds. The monoisotopic (exact) mass is 383 g/mol. The summed E-state index contributed by atoms with van der Waals surface area (Å²) in [5, 5.41) is 20.0. The van der Waals surface area contributed by atoms with Crippen LogP contribution in [0.15, 0.2) is 0 Å². The molecule has 0 unspecified atom stereocenters. The van der Waals surface area contributed by atoms with Gasteiger partial charge in [-0.25, -0.2) is 4.79 Å². The lowest BCUT2D eigenvalue weighted by Gasteiger charge is -2.34. The first-order valence-electron chi connectivity index (χ1n) is 6.98. The number of nitrogens with two attached hydrogens (primary N) is 1. The maximum Gasteiger partial charge on any atom is 0.326 e. The molecule has 1 fully saturated rings. The van der Waals surface area contributed by atoms with Gasteiger partial charge in [0.1, 0.15) is 11.6 Å². The zero-order valence-corrected chi connectivity index (χ0v) is 15.4. The molecule has 0 bridgehead atoms. The van der Waals surface area contributed by atoms with E-state index in [1.54, 1.807) is 6.92 Å². The van der Waals surface area contributed by atoms with Crippen LogP contribution in [-0.2, 0) is 19.2 Å². The van der Waals surface area contributed by atoms with E-state index in [-0.39, 0.29) is 52.3 Å². The minimum Gasteiger partial charge on any atom is -0.481 e. The number of rotatable bonds is 7. The first-order valence-corrected chi connectivity index (χ1v) is 6.98. The summed E-state index contributed by atoms with van der Waals surface area (Å²) >= 11 is 0. The highest BCUT2D eigenvalue weighted by Gasteiger charge is 2.46. The number of carbonyl (C=O) groups excluding carboxylic acids is 2. The van der Waals surface area contributed by atoms with Crippen molar-refractivity contribution in [2.45, 2.75) is 44.2 Å². The van der Waals surface area contributed by atoms with Crippen molar-refractivity contribution in [2.75, 3.05) is 13.1 Å². The first-order chi connectivity index (χ1) is 10.2. The maximum atomic E-state index is 12.4. The molecule has 140 valence electrons. The van der Waals surface area contributed by atoms with Crippen LogP contribution in [-0.4, -0.2) is 63.5 Å². The summed E-state index contributed by atoms with van der Waals surface area (Å²) < 4.78 is 0. The fourth-order valence-electron chi connectivity index (χ4n) is 2.55. The van der Waals surface area contributed by atoms with E-state index in [2.05, 4.69) is 5.32 Å². The predicted molar refractivity (Wildman–Crippen MR) is 95.6 cm³/mol. The summed E-state index contributed by atoms with van der Waals surface area (Å²) in [6.07, 6.45) is 0.412. The molecule has 11 heteroatoms. The lowest BCUT2D eigenvalue weighted by Crippen LogP contribution is -2.59. The van der Waals surface area contributed by atoms with Crippen LogP contribution in [0.2, 0.25) is 0 Å². The Kier molecular flexibility index (Phi) is 10.8. The van der Waals surface area contributed by atoms with E-state index in [9.17, 15) is 19.2 Å². The molecule has 0 saturated carbocycles. The Hall–Kier alpha value is -1.46. The Balaban J connectivity index is 0. The van der Waals surface area contributed by atoms with Gasteiger partial charge in [-0.2, -0.15) is 27.0 Å². The van der Waals surface area contributed by atoms with Gasteiger partial charge in [0.25, 0.3) is 0 Å². The van der Waals surface area contributed by atoms with E-state index >= 15 is 0 Å². The number of carboxylic acids is 2. The third kappa shape index (κ3) is 5.87. The second-order valence-corrected chi connectivity index (χ2v) is 5.42. The minimum atomic E-state index is -1.31. The molecule has 24 heavy (non-hydrogen) atoms. The normalized spacial score (nSPS) is 20.3. The summed E-state index contributed by atoms with van der Waals surface area (Å²) in [7, 11) is 0. The van der Waals surface area contributed by atoms with Crippen LogP contribution in [0, 0.1) is 0 Å². The standard InChI is InChI=1S/C13H21N3O6.2H2S/c1-13(5-2-6-16(13)9(17)7-14)12(22)15-8(11(20)21)3-4-10(18)19;;/h8H,2-7,14H2,1H3,(H,15,22)(H,18,19)(H,20,21);2*1H2/t8-,13-;;/m0../s1. The van der Waals surface area contributed by atoms with Crippen molar-refractivity contribution in [3.8, 4) is 0 Å². The van der Waals surface area contributed by atoms with Crippen molar-refractivity contribution >= 4 is 50.7 Å². The van der Waals surface area contributed by atoms with Crippen molar-refractivity contribution < 1.29 is 29.4 Å². The number of carboxylic acid groups (broad SMARTS) is 2. The number of amides is 2. The van der Waals surface area contributed by atoms with Crippen LogP contribution < -0.4 is 11.1 Å². The highest BCUT2D eigenvalue weighted by Crippen LogP contribution is 2.29. The van der Waals surface area contributed by atoms with Gasteiger partial charge in [-0.05, 0) is 26.2 Å². The number of aliphatic carboxylic acids is 2. The van der Waals surface area contributed by atoms with Crippen molar-refractivity contribution in [1.29, 1.82) is 0 Å². The van der Waals surface area contributed by atoms with Gasteiger partial charge in [-0.1, -0.05) is 0 Å². The Morgan fingerprint density at radius 2 is 1.83 bits per heavy atom. The maximum absolute atomic E-state index is 12.4. The molecule has 0 aliphatic carbocycles. The number of carbonyl (C=O) groups is 4. The number of hydrogen-bond donors (Lipinski definition) is 4. The lowest BCUT2D eigenvalue weighted by atomic mass is 9.96. The van der Waals surface area contributed by atoms with Crippen LogP contribution in [0.1, 0.15) is 32.6 Å². The Morgan fingerprint density at radius 3 is 2.29 bits per heavy atom. The average Bonchev–Trinajstić information content (AvgIpc) is 2.85. The second kappa shape index (κ2) is 10.4. The molecule has 9 nitrogen and oxygen atoms in total. The smallest absolute Gasteiger partial charge is 0.326 e. The highest BCUT2D eigenvalue weighted by molar-refractivity contribution is 7.59. The molecular weight excluding hydrogens is 358 g/mol. The molecule has 0 aromatic rings. The van der Waals surface area contributed by atoms with E-state index in [0.29, 0.717) is 19.4 Å². The van der Waals surface area contributed by atoms with E-state index < -0.39 is 29.4 Å². The van der Waals surface area contributed by atoms with Crippen LogP contribution >= 0.6 is 27.0 Å². The van der Waals surface area contributed by atoms with Crippen LogP contribution in [0.4, 0.5) is 0 Å². The Morgan fingerprint density at radius 1 is 1.25 bits per heavy atom. The van der Waals surface area contributed by atoms with E-state index in [4.69, 9.17) is 15.9 Å². The Labute approximate surface area is 153 Å². The second-order valence-electron chi connectivity index (χ2n) is 5.42. The van der Waals surface area contributed by atoms with Crippen LogP contribution in [0.5, 0.6) is 0 Å². The summed E-state index contributed by atoms with van der Waals surface area (Å²) in [5.74, 6) is -3.45. The summed E-state index contributed by atoms with van der Waals surface area (Å²) in [6, 6.07) is -1.31. The van der Waals surface area contributed by atoms with Crippen LogP contribution in [0.3, 0.4) is 0 Å². The van der Waals surface area contributed by atoms with Gasteiger partial charge < -0.3 is 26.2 Å². The summed E-state index contributed by atoms with van der Waals surface area (Å²) in [6.45, 7) is 1.70. The van der Waals surface area contributed by atoms with Gasteiger partial charge >= 0.3 is 11.9 Å². The summed E-state index contributed by atoms with van der Waals surface area (Å²) in [4.78, 5) is 47.2. The number of likely N-dealkylation sites (tertiary alicyclic amines) is 1. The zero-order chi connectivity index (χ0) is 16.9. The average molecular weight is 383 g/mol. The molecule has 5 N–H and O–H groups in total. The summed E-state index contributed by atoms with van der Waals surface area (Å²) in [5.41, 5.74) is 4.16. The van der Waals surface area contributed by atoms with Gasteiger partial charge in [0.15, 0.2) is 0 Å². The van der Waals surface area contributed by atoms with Gasteiger partial charge in [-0.15, -0.1) is 0 Å². The zero-order valence-electron chi connectivity index (χ0n) is 13.4. The highest BCUT2D eigenvalue weighted by atomic mass is 32.1. The molecule has 1 aliphatic heterocycles. The molecule has 1 saturated heterocycles. The molecule has 0 aromatic heterocycles. The van der Waals surface area contributed by atoms with E-state index in [1.807, 2.05) is 0 Å². The topological polar surface area (TPSA) is 150 Å². The number of hydrogen-bond acceptors (Lipinski definition) is 5.